The van der Waals surface area contributed by atoms with E-state index in [9.17, 15) is 14.4 Å². The monoisotopic (exact) mass is 406 g/mol. The molecule has 0 saturated heterocycles. The average molecular weight is 407 g/mol. The van der Waals surface area contributed by atoms with Crippen LogP contribution in [0.1, 0.15) is 52.0 Å². The van der Waals surface area contributed by atoms with Gasteiger partial charge in [0.1, 0.15) is 11.6 Å². The predicted molar refractivity (Wildman–Crippen MR) is 111 cm³/mol. The zero-order chi connectivity index (χ0) is 21.9. The molecule has 0 aliphatic heterocycles. The van der Waals surface area contributed by atoms with Gasteiger partial charge in [-0.1, -0.05) is 36.8 Å². The molecule has 0 unspecified atom stereocenters. The van der Waals surface area contributed by atoms with E-state index in [1.165, 1.54) is 7.05 Å². The summed E-state index contributed by atoms with van der Waals surface area (Å²) in [5, 5.41) is 14.4. The summed E-state index contributed by atoms with van der Waals surface area (Å²) in [6.07, 6.45) is 1.85. The van der Waals surface area contributed by atoms with Crippen LogP contribution >= 0.6 is 0 Å². The number of ether oxygens (including phenoxy) is 1. The van der Waals surface area contributed by atoms with E-state index in [1.807, 2.05) is 30.3 Å². The molecule has 162 valence electrons. The lowest BCUT2D eigenvalue weighted by Crippen LogP contribution is -2.49. The summed E-state index contributed by atoms with van der Waals surface area (Å²) in [5.74, 6) is -1.74. The van der Waals surface area contributed by atoms with Gasteiger partial charge >= 0.3 is 5.97 Å². The number of aliphatic hydroxyl groups excluding tert-OH is 1. The van der Waals surface area contributed by atoms with Crippen molar-refractivity contribution in [2.75, 3.05) is 13.7 Å². The molecule has 0 heterocycles. The Morgan fingerprint density at radius 3 is 2.28 bits per heavy atom. The second kappa shape index (κ2) is 12.2. The summed E-state index contributed by atoms with van der Waals surface area (Å²) in [5.41, 5.74) is 0.284. The third-order valence-electron chi connectivity index (χ3n) is 4.33. The van der Waals surface area contributed by atoms with Gasteiger partial charge in [0, 0.05) is 26.0 Å². The standard InChI is InChI=1S/C22H34N2O5/c1-22(2,3)29-19(26)15-17(12-8-9-13-25)20(27)24-18(21(28)23-4)14-16-10-6-5-7-11-16/h5-7,10-11,17-18,25H,8-9,12-15H2,1-4H3,(H,23,28)(H,24,27)/t17-,18+/m1/s1. The van der Waals surface area contributed by atoms with E-state index < -0.39 is 23.5 Å². The van der Waals surface area contributed by atoms with Gasteiger partial charge in [-0.25, -0.2) is 0 Å². The number of amides is 2. The lowest BCUT2D eigenvalue weighted by atomic mass is 9.96. The zero-order valence-corrected chi connectivity index (χ0v) is 17.9. The Labute approximate surface area is 173 Å². The van der Waals surface area contributed by atoms with Crippen LogP contribution in [0.15, 0.2) is 30.3 Å². The Balaban J connectivity index is 2.86. The first kappa shape index (κ1) is 24.6. The topological polar surface area (TPSA) is 105 Å². The molecule has 7 heteroatoms. The van der Waals surface area contributed by atoms with Crippen molar-refractivity contribution in [2.24, 2.45) is 5.92 Å². The second-order valence-corrected chi connectivity index (χ2v) is 8.07. The highest BCUT2D eigenvalue weighted by atomic mass is 16.6. The van der Waals surface area contributed by atoms with E-state index in [2.05, 4.69) is 10.6 Å². The van der Waals surface area contributed by atoms with Crippen LogP contribution in [0.3, 0.4) is 0 Å². The largest absolute Gasteiger partial charge is 0.460 e. The Hall–Kier alpha value is -2.41. The van der Waals surface area contributed by atoms with Gasteiger partial charge in [0.15, 0.2) is 0 Å². The molecule has 0 bridgehead atoms. The smallest absolute Gasteiger partial charge is 0.307 e. The van der Waals surface area contributed by atoms with Crippen LogP contribution in [-0.4, -0.2) is 48.2 Å². The number of unbranched alkanes of at least 4 members (excludes halogenated alkanes) is 1. The normalized spacial score (nSPS) is 13.3. The minimum absolute atomic E-state index is 0.0235. The molecule has 1 aromatic rings. The number of rotatable bonds is 11. The fourth-order valence-corrected chi connectivity index (χ4v) is 2.94. The molecule has 29 heavy (non-hydrogen) atoms. The number of hydrogen-bond donors (Lipinski definition) is 3. The first-order valence-electron chi connectivity index (χ1n) is 10.0. The number of aliphatic hydroxyl groups is 1. The molecule has 2 amide bonds. The Morgan fingerprint density at radius 2 is 1.72 bits per heavy atom. The molecular weight excluding hydrogens is 372 g/mol. The van der Waals surface area contributed by atoms with Crippen LogP contribution in [0.2, 0.25) is 0 Å². The number of likely N-dealkylation sites (N-methyl/N-ethyl adjacent to an activating group) is 1. The molecule has 3 N–H and O–H groups in total. The maximum absolute atomic E-state index is 12.9. The molecule has 0 spiro atoms. The Kier molecular flexibility index (Phi) is 10.4. The number of nitrogens with one attached hydrogen (secondary N) is 2. The van der Waals surface area contributed by atoms with Crippen molar-refractivity contribution in [2.45, 2.75) is 64.5 Å². The Morgan fingerprint density at radius 1 is 1.07 bits per heavy atom. The summed E-state index contributed by atoms with van der Waals surface area (Å²) < 4.78 is 5.35. The lowest BCUT2D eigenvalue weighted by Gasteiger charge is -2.24. The average Bonchev–Trinajstić information content (AvgIpc) is 2.65. The van der Waals surface area contributed by atoms with E-state index in [0.717, 1.165) is 5.56 Å². The van der Waals surface area contributed by atoms with Gasteiger partial charge in [-0.2, -0.15) is 0 Å². The number of carbonyl (C=O) groups excluding carboxylic acids is 3. The molecule has 0 aliphatic rings. The molecule has 0 aliphatic carbocycles. The quantitative estimate of drug-likeness (QED) is 0.385. The SMILES string of the molecule is CNC(=O)[C@H](Cc1ccccc1)NC(=O)[C@H](CCCCO)CC(=O)OC(C)(C)C. The maximum atomic E-state index is 12.9. The van der Waals surface area contributed by atoms with Crippen LogP contribution < -0.4 is 10.6 Å². The first-order valence-corrected chi connectivity index (χ1v) is 10.0. The molecule has 1 rings (SSSR count). The van der Waals surface area contributed by atoms with Crippen molar-refractivity contribution in [1.82, 2.24) is 10.6 Å². The van der Waals surface area contributed by atoms with E-state index in [1.54, 1.807) is 20.8 Å². The minimum atomic E-state index is -0.742. The van der Waals surface area contributed by atoms with Gasteiger partial charge in [0.25, 0.3) is 0 Å². The van der Waals surface area contributed by atoms with Gasteiger partial charge in [0.2, 0.25) is 11.8 Å². The first-order chi connectivity index (χ1) is 13.7. The highest BCUT2D eigenvalue weighted by molar-refractivity contribution is 5.90. The van der Waals surface area contributed by atoms with Gasteiger partial charge in [-0.15, -0.1) is 0 Å². The molecule has 0 radical (unpaired) electrons. The van der Waals surface area contributed by atoms with Crippen LogP contribution in [0.25, 0.3) is 0 Å². The number of esters is 1. The predicted octanol–water partition coefficient (Wildman–Crippen LogP) is 1.97. The summed E-state index contributed by atoms with van der Waals surface area (Å²) >= 11 is 0. The molecular formula is C22H34N2O5. The number of benzene rings is 1. The summed E-state index contributed by atoms with van der Waals surface area (Å²) in [6, 6.07) is 8.67. The van der Waals surface area contributed by atoms with E-state index in [-0.39, 0.29) is 24.8 Å². The zero-order valence-electron chi connectivity index (χ0n) is 17.9. The van der Waals surface area contributed by atoms with Crippen molar-refractivity contribution in [3.05, 3.63) is 35.9 Å². The van der Waals surface area contributed by atoms with Crippen LogP contribution in [0.4, 0.5) is 0 Å². The fraction of sp³-hybridized carbons (Fsp3) is 0.591. The highest BCUT2D eigenvalue weighted by Crippen LogP contribution is 2.18. The van der Waals surface area contributed by atoms with Crippen molar-refractivity contribution in [1.29, 1.82) is 0 Å². The van der Waals surface area contributed by atoms with Crippen LogP contribution in [0.5, 0.6) is 0 Å². The fourth-order valence-electron chi connectivity index (χ4n) is 2.94. The summed E-state index contributed by atoms with van der Waals surface area (Å²) in [6.45, 7) is 5.34. The van der Waals surface area contributed by atoms with Crippen molar-refractivity contribution < 1.29 is 24.2 Å². The van der Waals surface area contributed by atoms with Crippen molar-refractivity contribution >= 4 is 17.8 Å². The van der Waals surface area contributed by atoms with E-state index >= 15 is 0 Å². The third kappa shape index (κ3) is 10.1. The van der Waals surface area contributed by atoms with Gasteiger partial charge in [-0.3, -0.25) is 14.4 Å². The molecule has 0 saturated carbocycles. The number of carbonyl (C=O) groups is 3. The maximum Gasteiger partial charge on any atom is 0.307 e. The van der Waals surface area contributed by atoms with Crippen molar-refractivity contribution in [3.63, 3.8) is 0 Å². The molecule has 2 atom stereocenters. The van der Waals surface area contributed by atoms with Crippen molar-refractivity contribution in [3.8, 4) is 0 Å². The molecule has 0 fully saturated rings. The van der Waals surface area contributed by atoms with Gasteiger partial charge < -0.3 is 20.5 Å². The van der Waals surface area contributed by atoms with E-state index in [0.29, 0.717) is 25.7 Å². The molecule has 1 aromatic carbocycles. The third-order valence-corrected chi connectivity index (χ3v) is 4.33. The summed E-state index contributed by atoms with van der Waals surface area (Å²) in [4.78, 5) is 37.4. The van der Waals surface area contributed by atoms with Crippen LogP contribution in [0, 0.1) is 5.92 Å². The highest BCUT2D eigenvalue weighted by Gasteiger charge is 2.28. The molecule has 0 aromatic heterocycles. The Bertz CT molecular complexity index is 655. The minimum Gasteiger partial charge on any atom is -0.460 e. The molecule has 7 nitrogen and oxygen atoms in total. The van der Waals surface area contributed by atoms with Gasteiger partial charge in [0.05, 0.1) is 6.42 Å². The number of hydrogen-bond acceptors (Lipinski definition) is 5. The second-order valence-electron chi connectivity index (χ2n) is 8.07. The van der Waals surface area contributed by atoms with Gasteiger partial charge in [-0.05, 0) is 39.2 Å². The summed E-state index contributed by atoms with van der Waals surface area (Å²) in [7, 11) is 1.52. The van der Waals surface area contributed by atoms with E-state index in [4.69, 9.17) is 9.84 Å². The van der Waals surface area contributed by atoms with Crippen LogP contribution in [-0.2, 0) is 25.5 Å². The lowest BCUT2D eigenvalue weighted by molar-refractivity contribution is -0.157.